The molecule has 11 heteroatoms. The van der Waals surface area contributed by atoms with E-state index in [1.807, 2.05) is 32.0 Å². The summed E-state index contributed by atoms with van der Waals surface area (Å²) in [7, 11) is 0. The van der Waals surface area contributed by atoms with Crippen LogP contribution in [0.1, 0.15) is 34.9 Å². The number of aromatic nitrogens is 1. The van der Waals surface area contributed by atoms with Gasteiger partial charge in [0.2, 0.25) is 5.91 Å². The third-order valence-electron chi connectivity index (χ3n) is 5.48. The summed E-state index contributed by atoms with van der Waals surface area (Å²) in [6, 6.07) is 18.3. The van der Waals surface area contributed by atoms with E-state index < -0.39 is 17.6 Å². The zero-order chi connectivity index (χ0) is 28.5. The van der Waals surface area contributed by atoms with Gasteiger partial charge in [-0.25, -0.2) is 10.4 Å². The van der Waals surface area contributed by atoms with E-state index in [0.717, 1.165) is 23.3 Å². The Bertz CT molecular complexity index is 1490. The van der Waals surface area contributed by atoms with E-state index in [9.17, 15) is 18.0 Å². The number of benzene rings is 3. The Morgan fingerprint density at radius 3 is 2.65 bits per heavy atom. The van der Waals surface area contributed by atoms with Gasteiger partial charge in [-0.1, -0.05) is 35.9 Å². The largest absolute Gasteiger partial charge is 0.490 e. The van der Waals surface area contributed by atoms with Gasteiger partial charge >= 0.3 is 6.18 Å². The number of carbonyl (C=O) groups is 1. The van der Waals surface area contributed by atoms with Crippen molar-refractivity contribution < 1.29 is 27.4 Å². The van der Waals surface area contributed by atoms with Gasteiger partial charge in [-0.3, -0.25) is 4.79 Å². The maximum Gasteiger partial charge on any atom is 0.416 e. The normalized spacial score (nSPS) is 11.4. The number of carbonyl (C=O) groups excluding carboxylic acids is 1. The molecule has 4 aromatic rings. The van der Waals surface area contributed by atoms with Gasteiger partial charge < -0.3 is 14.8 Å². The molecule has 3 aromatic carbocycles. The summed E-state index contributed by atoms with van der Waals surface area (Å²) in [5.41, 5.74) is 5.32. The molecule has 0 aliphatic rings. The Morgan fingerprint density at radius 2 is 1.88 bits per heavy atom. The Hall–Kier alpha value is -4.38. The summed E-state index contributed by atoms with van der Waals surface area (Å²) < 4.78 is 50.5. The molecule has 208 valence electrons. The minimum atomic E-state index is -4.44. The molecule has 1 heterocycles. The van der Waals surface area contributed by atoms with Crippen molar-refractivity contribution in [2.24, 2.45) is 5.10 Å². The van der Waals surface area contributed by atoms with Gasteiger partial charge in [-0.05, 0) is 61.4 Å². The van der Waals surface area contributed by atoms with Crippen LogP contribution in [0.5, 0.6) is 11.5 Å². The van der Waals surface area contributed by atoms with Crippen LogP contribution in [-0.4, -0.2) is 23.7 Å². The van der Waals surface area contributed by atoms with Crippen LogP contribution < -0.4 is 20.2 Å². The molecule has 0 atom stereocenters. The first kappa shape index (κ1) is 28.6. The molecular formula is C29H27F3N4O3S. The maximum atomic E-state index is 12.9. The lowest BCUT2D eigenvalue weighted by Crippen LogP contribution is -2.19. The van der Waals surface area contributed by atoms with E-state index in [1.54, 1.807) is 23.6 Å². The van der Waals surface area contributed by atoms with E-state index in [-0.39, 0.29) is 12.1 Å². The van der Waals surface area contributed by atoms with E-state index >= 15 is 0 Å². The fourth-order valence-corrected chi connectivity index (χ4v) is 4.41. The van der Waals surface area contributed by atoms with Crippen LogP contribution in [0, 0.1) is 6.92 Å². The lowest BCUT2D eigenvalue weighted by Gasteiger charge is -2.13. The first-order valence-electron chi connectivity index (χ1n) is 12.4. The molecule has 1 amide bonds. The minimum absolute atomic E-state index is 0.0476. The number of alkyl halides is 3. The number of hydrogen-bond donors (Lipinski definition) is 2. The third-order valence-corrected chi connectivity index (χ3v) is 6.29. The Kier molecular flexibility index (Phi) is 9.39. The van der Waals surface area contributed by atoms with Gasteiger partial charge in [-0.2, -0.15) is 18.3 Å². The monoisotopic (exact) mass is 568 g/mol. The van der Waals surface area contributed by atoms with Gasteiger partial charge in [-0.15, -0.1) is 11.3 Å². The Morgan fingerprint density at radius 1 is 1.05 bits per heavy atom. The zero-order valence-corrected chi connectivity index (χ0v) is 22.6. The van der Waals surface area contributed by atoms with E-state index in [1.165, 1.54) is 29.7 Å². The van der Waals surface area contributed by atoms with Crippen LogP contribution in [0.4, 0.5) is 24.0 Å². The quantitative estimate of drug-likeness (QED) is 0.152. The maximum absolute atomic E-state index is 12.9. The smallest absolute Gasteiger partial charge is 0.416 e. The summed E-state index contributed by atoms with van der Waals surface area (Å²) >= 11 is 1.18. The number of aryl methyl sites for hydroxylation is 1. The SMILES string of the molecule is CCOc1cc(/C=N\NC(=O)Cc2csc(Nc3cccc(C(F)(F)F)c3)n2)ccc1OCc1cccc(C)c1. The van der Waals surface area contributed by atoms with Crippen molar-refractivity contribution in [3.05, 3.63) is 100 Å². The number of rotatable bonds is 11. The molecule has 0 aliphatic carbocycles. The Labute approximate surface area is 233 Å². The van der Waals surface area contributed by atoms with Crippen molar-refractivity contribution in [2.45, 2.75) is 33.1 Å². The highest BCUT2D eigenvalue weighted by atomic mass is 32.1. The summed E-state index contributed by atoms with van der Waals surface area (Å²) in [4.78, 5) is 16.6. The van der Waals surface area contributed by atoms with Crippen molar-refractivity contribution in [1.29, 1.82) is 0 Å². The van der Waals surface area contributed by atoms with Crippen LogP contribution in [-0.2, 0) is 24.0 Å². The number of nitrogens with one attached hydrogen (secondary N) is 2. The second kappa shape index (κ2) is 13.1. The molecule has 40 heavy (non-hydrogen) atoms. The highest BCUT2D eigenvalue weighted by Crippen LogP contribution is 2.32. The fraction of sp³-hybridized carbons (Fsp3) is 0.207. The number of hydrazone groups is 1. The molecule has 0 unspecified atom stereocenters. The van der Waals surface area contributed by atoms with Crippen LogP contribution in [0.3, 0.4) is 0 Å². The summed E-state index contributed by atoms with van der Waals surface area (Å²) in [5.74, 6) is 0.770. The molecule has 7 nitrogen and oxygen atoms in total. The Balaban J connectivity index is 1.31. The number of halogens is 3. The van der Waals surface area contributed by atoms with Crippen molar-refractivity contribution in [1.82, 2.24) is 10.4 Å². The van der Waals surface area contributed by atoms with Crippen LogP contribution in [0.2, 0.25) is 0 Å². The molecule has 0 saturated carbocycles. The van der Waals surface area contributed by atoms with Gasteiger partial charge in [0.15, 0.2) is 16.6 Å². The molecule has 0 spiro atoms. The van der Waals surface area contributed by atoms with Gasteiger partial charge in [0.1, 0.15) is 6.61 Å². The van der Waals surface area contributed by atoms with Gasteiger partial charge in [0.05, 0.1) is 30.5 Å². The highest BCUT2D eigenvalue weighted by Gasteiger charge is 2.30. The van der Waals surface area contributed by atoms with Gasteiger partial charge in [0.25, 0.3) is 0 Å². The average molecular weight is 569 g/mol. The van der Waals surface area contributed by atoms with E-state index in [2.05, 4.69) is 26.9 Å². The third kappa shape index (κ3) is 8.31. The number of amides is 1. The molecule has 1 aromatic heterocycles. The molecule has 0 aliphatic heterocycles. The molecule has 4 rings (SSSR count). The zero-order valence-electron chi connectivity index (χ0n) is 21.8. The molecule has 0 saturated heterocycles. The first-order chi connectivity index (χ1) is 19.2. The molecule has 0 bridgehead atoms. The van der Waals surface area contributed by atoms with Crippen molar-refractivity contribution >= 4 is 34.3 Å². The first-order valence-corrected chi connectivity index (χ1v) is 13.2. The summed E-state index contributed by atoms with van der Waals surface area (Å²) in [6.07, 6.45) is -2.99. The molecule has 0 fully saturated rings. The van der Waals surface area contributed by atoms with Crippen LogP contribution in [0.25, 0.3) is 0 Å². The summed E-state index contributed by atoms with van der Waals surface area (Å²) in [6.45, 7) is 4.76. The van der Waals surface area contributed by atoms with Crippen molar-refractivity contribution in [3.63, 3.8) is 0 Å². The number of hydrogen-bond acceptors (Lipinski definition) is 7. The van der Waals surface area contributed by atoms with Gasteiger partial charge in [0, 0.05) is 11.1 Å². The predicted molar refractivity (Wildman–Crippen MR) is 149 cm³/mol. The van der Waals surface area contributed by atoms with Crippen molar-refractivity contribution in [3.8, 4) is 11.5 Å². The van der Waals surface area contributed by atoms with E-state index in [4.69, 9.17) is 9.47 Å². The number of anilines is 2. The van der Waals surface area contributed by atoms with E-state index in [0.29, 0.717) is 41.1 Å². The standard InChI is InChI=1S/C29H27F3N4O3S/c1-3-38-26-13-20(10-11-25(26)39-17-21-7-4-6-19(2)12-21)16-33-36-27(37)15-24-18-40-28(35-24)34-23-9-5-8-22(14-23)29(30,31)32/h4-14,16,18H,3,15,17H2,1-2H3,(H,34,35)(H,36,37)/b33-16-. The fourth-order valence-electron chi connectivity index (χ4n) is 3.68. The average Bonchev–Trinajstić information content (AvgIpc) is 3.34. The van der Waals surface area contributed by atoms with Crippen molar-refractivity contribution in [2.75, 3.05) is 11.9 Å². The number of thiazole rings is 1. The molecule has 2 N–H and O–H groups in total. The van der Waals surface area contributed by atoms with Crippen LogP contribution >= 0.6 is 11.3 Å². The minimum Gasteiger partial charge on any atom is -0.490 e. The lowest BCUT2D eigenvalue weighted by atomic mass is 10.1. The summed E-state index contributed by atoms with van der Waals surface area (Å²) in [5, 5.41) is 8.88. The lowest BCUT2D eigenvalue weighted by molar-refractivity contribution is -0.137. The molecular weight excluding hydrogens is 541 g/mol. The predicted octanol–water partition coefficient (Wildman–Crippen LogP) is 6.88. The molecule has 0 radical (unpaired) electrons. The van der Waals surface area contributed by atoms with Crippen LogP contribution in [0.15, 0.2) is 77.2 Å². The second-order valence-corrected chi connectivity index (χ2v) is 9.59. The number of nitrogens with zero attached hydrogens (tertiary/aromatic N) is 2. The topological polar surface area (TPSA) is 84.8 Å². The second-order valence-electron chi connectivity index (χ2n) is 8.73. The number of ether oxygens (including phenoxy) is 2. The highest BCUT2D eigenvalue weighted by molar-refractivity contribution is 7.13.